The van der Waals surface area contributed by atoms with Gasteiger partial charge in [-0.15, -0.1) is 0 Å². The van der Waals surface area contributed by atoms with Crippen molar-refractivity contribution in [2.45, 2.75) is 32.7 Å². The molecule has 0 aliphatic carbocycles. The predicted octanol–water partition coefficient (Wildman–Crippen LogP) is 2.80. The molecule has 0 bridgehead atoms. The van der Waals surface area contributed by atoms with Crippen molar-refractivity contribution in [3.05, 3.63) is 42.2 Å². The lowest BCUT2D eigenvalue weighted by molar-refractivity contribution is -0.131. The van der Waals surface area contributed by atoms with Crippen LogP contribution in [0.1, 0.15) is 37.6 Å². The van der Waals surface area contributed by atoms with Crippen molar-refractivity contribution in [2.75, 3.05) is 20.1 Å². The molecule has 26 heavy (non-hydrogen) atoms. The number of amides is 2. The van der Waals surface area contributed by atoms with E-state index in [0.717, 1.165) is 11.4 Å². The van der Waals surface area contributed by atoms with Gasteiger partial charge in [0.1, 0.15) is 5.82 Å². The summed E-state index contributed by atoms with van der Waals surface area (Å²) in [6.45, 7) is 7.40. The molecule has 1 aromatic carbocycles. The zero-order valence-corrected chi connectivity index (χ0v) is 15.8. The van der Waals surface area contributed by atoms with Crippen LogP contribution in [0, 0.1) is 5.92 Å². The van der Waals surface area contributed by atoms with Crippen LogP contribution in [0.2, 0.25) is 0 Å². The van der Waals surface area contributed by atoms with Crippen LogP contribution in [-0.4, -0.2) is 57.3 Å². The van der Waals surface area contributed by atoms with E-state index >= 15 is 0 Å². The SMILES string of the molecule is CN(C[C@H]1CC(=O)N(C(C)(C)C)C1)C(=O)c1cccc(-c2ncc[nH]2)c1. The average Bonchev–Trinajstić information content (AvgIpc) is 3.23. The number of nitrogens with one attached hydrogen (secondary N) is 1. The van der Waals surface area contributed by atoms with Gasteiger partial charge in [0.15, 0.2) is 0 Å². The van der Waals surface area contributed by atoms with Crippen molar-refractivity contribution in [1.29, 1.82) is 0 Å². The first-order valence-corrected chi connectivity index (χ1v) is 8.91. The van der Waals surface area contributed by atoms with Crippen LogP contribution in [-0.2, 0) is 4.79 Å². The lowest BCUT2D eigenvalue weighted by Crippen LogP contribution is -2.43. The largest absolute Gasteiger partial charge is 0.345 e. The molecule has 138 valence electrons. The Morgan fingerprint density at radius 3 is 2.77 bits per heavy atom. The molecule has 6 nitrogen and oxygen atoms in total. The molecule has 1 aliphatic rings. The molecule has 1 saturated heterocycles. The Kier molecular flexibility index (Phi) is 4.85. The molecular formula is C20H26N4O2. The van der Waals surface area contributed by atoms with Gasteiger partial charge in [-0.25, -0.2) is 4.98 Å². The first-order valence-electron chi connectivity index (χ1n) is 8.91. The van der Waals surface area contributed by atoms with Gasteiger partial charge in [-0.1, -0.05) is 12.1 Å². The molecule has 1 atom stereocenters. The second-order valence-electron chi connectivity index (χ2n) is 7.95. The Morgan fingerprint density at radius 2 is 2.15 bits per heavy atom. The lowest BCUT2D eigenvalue weighted by Gasteiger charge is -2.32. The molecule has 1 aliphatic heterocycles. The molecule has 0 spiro atoms. The highest BCUT2D eigenvalue weighted by molar-refractivity contribution is 5.95. The second-order valence-corrected chi connectivity index (χ2v) is 7.95. The molecule has 1 aromatic heterocycles. The number of imidazole rings is 1. The molecule has 0 saturated carbocycles. The second kappa shape index (κ2) is 6.94. The van der Waals surface area contributed by atoms with E-state index in [2.05, 4.69) is 9.97 Å². The Bertz CT molecular complexity index is 792. The summed E-state index contributed by atoms with van der Waals surface area (Å²) in [4.78, 5) is 36.0. The van der Waals surface area contributed by atoms with Crippen molar-refractivity contribution in [2.24, 2.45) is 5.92 Å². The number of carbonyl (C=O) groups is 2. The lowest BCUT2D eigenvalue weighted by atomic mass is 10.1. The van der Waals surface area contributed by atoms with Crippen LogP contribution in [0.5, 0.6) is 0 Å². The fourth-order valence-corrected chi connectivity index (χ4v) is 3.47. The highest BCUT2D eigenvalue weighted by Gasteiger charge is 2.36. The maximum Gasteiger partial charge on any atom is 0.253 e. The summed E-state index contributed by atoms with van der Waals surface area (Å²) in [6.07, 6.45) is 3.95. The summed E-state index contributed by atoms with van der Waals surface area (Å²) < 4.78 is 0. The van der Waals surface area contributed by atoms with Crippen molar-refractivity contribution in [1.82, 2.24) is 19.8 Å². The number of aromatic nitrogens is 2. The molecule has 1 fully saturated rings. The minimum atomic E-state index is -0.175. The molecule has 0 radical (unpaired) electrons. The van der Waals surface area contributed by atoms with Crippen molar-refractivity contribution in [3.8, 4) is 11.4 Å². The zero-order valence-electron chi connectivity index (χ0n) is 15.8. The first kappa shape index (κ1) is 18.2. The molecule has 2 amide bonds. The number of hydrogen-bond acceptors (Lipinski definition) is 3. The normalized spacial score (nSPS) is 17.6. The van der Waals surface area contributed by atoms with Gasteiger partial charge in [0, 0.05) is 61.5 Å². The van der Waals surface area contributed by atoms with Crippen LogP contribution in [0.25, 0.3) is 11.4 Å². The van der Waals surface area contributed by atoms with Gasteiger partial charge in [-0.3, -0.25) is 9.59 Å². The van der Waals surface area contributed by atoms with E-state index in [0.29, 0.717) is 25.1 Å². The Balaban J connectivity index is 1.67. The summed E-state index contributed by atoms with van der Waals surface area (Å²) in [6, 6.07) is 7.44. The standard InChI is InChI=1S/C20H26N4O2/c1-20(2,3)24-13-14(10-17(24)25)12-23(4)19(26)16-7-5-6-15(11-16)18-21-8-9-22-18/h5-9,11,14H,10,12-13H2,1-4H3,(H,21,22)/t14-/m1/s1. The summed E-state index contributed by atoms with van der Waals surface area (Å²) >= 11 is 0. The van der Waals surface area contributed by atoms with Gasteiger partial charge in [0.25, 0.3) is 5.91 Å². The number of rotatable bonds is 4. The number of nitrogens with zero attached hydrogens (tertiary/aromatic N) is 3. The van der Waals surface area contributed by atoms with Crippen molar-refractivity contribution in [3.63, 3.8) is 0 Å². The topological polar surface area (TPSA) is 69.3 Å². The minimum absolute atomic E-state index is 0.0416. The molecule has 0 unspecified atom stereocenters. The average molecular weight is 354 g/mol. The molecular weight excluding hydrogens is 328 g/mol. The monoisotopic (exact) mass is 354 g/mol. The van der Waals surface area contributed by atoms with E-state index < -0.39 is 0 Å². The first-order chi connectivity index (χ1) is 12.3. The van der Waals surface area contributed by atoms with Gasteiger partial charge < -0.3 is 14.8 Å². The van der Waals surface area contributed by atoms with Gasteiger partial charge in [-0.05, 0) is 32.9 Å². The number of H-pyrrole nitrogens is 1. The Morgan fingerprint density at radius 1 is 1.38 bits per heavy atom. The quantitative estimate of drug-likeness (QED) is 0.918. The van der Waals surface area contributed by atoms with Crippen LogP contribution >= 0.6 is 0 Å². The third-order valence-corrected chi connectivity index (χ3v) is 4.77. The summed E-state index contributed by atoms with van der Waals surface area (Å²) in [5.74, 6) is 1.04. The molecule has 2 heterocycles. The smallest absolute Gasteiger partial charge is 0.253 e. The van der Waals surface area contributed by atoms with Crippen LogP contribution in [0.15, 0.2) is 36.7 Å². The fraction of sp³-hybridized carbons (Fsp3) is 0.450. The number of likely N-dealkylation sites (tertiary alicyclic amines) is 1. The van der Waals surface area contributed by atoms with E-state index in [1.807, 2.05) is 49.9 Å². The number of hydrogen-bond donors (Lipinski definition) is 1. The highest BCUT2D eigenvalue weighted by Crippen LogP contribution is 2.26. The zero-order chi connectivity index (χ0) is 18.9. The van der Waals surface area contributed by atoms with Crippen molar-refractivity contribution < 1.29 is 9.59 Å². The Labute approximate surface area is 154 Å². The maximum absolute atomic E-state index is 12.8. The predicted molar refractivity (Wildman–Crippen MR) is 101 cm³/mol. The van der Waals surface area contributed by atoms with E-state index in [9.17, 15) is 9.59 Å². The van der Waals surface area contributed by atoms with Gasteiger partial charge in [0.05, 0.1) is 0 Å². The molecule has 2 aromatic rings. The van der Waals surface area contributed by atoms with Crippen LogP contribution in [0.3, 0.4) is 0 Å². The number of aromatic amines is 1. The van der Waals surface area contributed by atoms with Crippen molar-refractivity contribution >= 4 is 11.8 Å². The molecule has 3 rings (SSSR count). The fourth-order valence-electron chi connectivity index (χ4n) is 3.47. The maximum atomic E-state index is 12.8. The van der Waals surface area contributed by atoms with Gasteiger partial charge in [0.2, 0.25) is 5.91 Å². The van der Waals surface area contributed by atoms with E-state index in [-0.39, 0.29) is 23.3 Å². The third kappa shape index (κ3) is 3.79. The Hall–Kier alpha value is -2.63. The third-order valence-electron chi connectivity index (χ3n) is 4.77. The van der Waals surface area contributed by atoms with Gasteiger partial charge in [-0.2, -0.15) is 0 Å². The molecule has 1 N–H and O–H groups in total. The summed E-state index contributed by atoms with van der Waals surface area (Å²) in [5.41, 5.74) is 1.33. The van der Waals surface area contributed by atoms with Gasteiger partial charge >= 0.3 is 0 Å². The van der Waals surface area contributed by atoms with E-state index in [1.165, 1.54) is 0 Å². The van der Waals surface area contributed by atoms with Crippen LogP contribution in [0.4, 0.5) is 0 Å². The number of benzene rings is 1. The summed E-state index contributed by atoms with van der Waals surface area (Å²) in [5, 5.41) is 0. The minimum Gasteiger partial charge on any atom is -0.345 e. The van der Waals surface area contributed by atoms with Crippen LogP contribution < -0.4 is 0 Å². The van der Waals surface area contributed by atoms with E-state index in [4.69, 9.17) is 0 Å². The highest BCUT2D eigenvalue weighted by atomic mass is 16.2. The number of carbonyl (C=O) groups excluding carboxylic acids is 2. The summed E-state index contributed by atoms with van der Waals surface area (Å²) in [7, 11) is 1.80. The van der Waals surface area contributed by atoms with E-state index in [1.54, 1.807) is 24.3 Å². The molecule has 6 heteroatoms.